The Bertz CT molecular complexity index is 3630. The van der Waals surface area contributed by atoms with Gasteiger partial charge in [-0.25, -0.2) is 9.59 Å². The van der Waals surface area contributed by atoms with Gasteiger partial charge in [-0.1, -0.05) is 0 Å². The van der Waals surface area contributed by atoms with Gasteiger partial charge in [0.05, 0.1) is 70.0 Å². The summed E-state index contributed by atoms with van der Waals surface area (Å²) in [4.78, 5) is 149. The van der Waals surface area contributed by atoms with Crippen LogP contribution < -0.4 is 43.0 Å². The standard InChI is InChI=1S/C71H116N10O42/c1-23(59(72)103)74-60(104)30-11-9-13-80(30)63(107)31-12-10-14-81(31)62(106)24(2)75-61(105)40(73-8)25(3)113-65-44(79-29(7)90)54(119-67-52(102)58(48(98)37(20-85)115-67)123-71(69(110)111)16-33(92)42(77-27(5)88)56(121-71)46(96)35(94)18-83)49(99)39(117-65)22-112-64-43(78-28(6)89)50(100)53(38(21-86)116-64)118-66-51(101)57(47(97)36(19-84)114-66)122-70(68(108)109)15-32(91)41(76-26(4)87)55(120-70)45(95)34(93)17-82/h23-25,30-58,64-67,73,82-86,91-102H,9-22H2,1-8H3,(H2,72,103)(H,74,104)(H,75,105)(H,76,87)(H,77,88)(H,78,89)(H,79,90)(H,108,109)(H,110,111)/t23?,24?,25?,30?,31?,32-,33-,34-,35-,36?,37?,38?,39?,40?,41-,42-,43+,44+,45-,46-,47+,48+,49+,50?,51+,52+,53-,54?,55?,56?,57?,58?,64-,65+,66+,67+,70+,71+/m1/s1. The number of aliphatic carboxylic acids is 2. The molecule has 123 heavy (non-hydrogen) atoms. The molecule has 0 bridgehead atoms. The molecule has 0 spiro atoms. The van der Waals surface area contributed by atoms with Crippen molar-refractivity contribution in [2.75, 3.05) is 59.8 Å². The molecule has 28 N–H and O–H groups in total. The maximum atomic E-state index is 14.6. The molecule has 0 aliphatic carbocycles. The number of aliphatic hydroxyl groups is 17. The van der Waals surface area contributed by atoms with Crippen molar-refractivity contribution >= 4 is 65.1 Å². The zero-order valence-corrected chi connectivity index (χ0v) is 68.0. The van der Waals surface area contributed by atoms with Gasteiger partial charge in [0.1, 0.15) is 164 Å². The first-order valence-corrected chi connectivity index (χ1v) is 39.7. The van der Waals surface area contributed by atoms with Crippen LogP contribution in [0.3, 0.4) is 0 Å². The number of amides is 9. The van der Waals surface area contributed by atoms with Crippen molar-refractivity contribution in [1.82, 2.24) is 47.0 Å². The van der Waals surface area contributed by atoms with Crippen LogP contribution >= 0.6 is 0 Å². The quantitative estimate of drug-likeness (QED) is 0.0275. The normalized spacial score (nSPS) is 38.6. The van der Waals surface area contributed by atoms with E-state index in [1.54, 1.807) is 0 Å². The predicted octanol–water partition coefficient (Wildman–Crippen LogP) is -16.6. The number of likely N-dealkylation sites (N-methyl/N-ethyl adjacent to an activating group) is 1. The van der Waals surface area contributed by atoms with Gasteiger partial charge in [-0.3, -0.25) is 43.2 Å². The molecule has 0 aromatic rings. The smallest absolute Gasteiger partial charge is 0.364 e. The van der Waals surface area contributed by atoms with Crippen LogP contribution in [0.15, 0.2) is 0 Å². The van der Waals surface area contributed by atoms with Gasteiger partial charge in [-0.05, 0) is 53.5 Å². The summed E-state index contributed by atoms with van der Waals surface area (Å²) in [5.41, 5.74) is 5.35. The highest BCUT2D eigenvalue weighted by atomic mass is 16.8. The third-order valence-electron chi connectivity index (χ3n) is 22.5. The molecule has 0 radical (unpaired) electrons. The van der Waals surface area contributed by atoms with E-state index in [0.717, 1.165) is 27.7 Å². The molecule has 52 nitrogen and oxygen atoms in total. The minimum Gasteiger partial charge on any atom is -0.477 e. The molecular weight excluding hydrogens is 1660 g/mol. The third-order valence-corrected chi connectivity index (χ3v) is 22.5. The molecule has 8 fully saturated rings. The number of hydrogen-bond acceptors (Lipinski definition) is 41. The summed E-state index contributed by atoms with van der Waals surface area (Å²) in [6.07, 6.45) is -60.9. The Kier molecular flexibility index (Phi) is 36.0. The SMILES string of the molecule is CNC(C(=O)NC(C)C(=O)N1CCCC1C(=O)N1CCCC1C(=O)NC(C)C(N)=O)C(C)O[C@H]1OC(CO[C@@H]2OC(CO)[C@@H](O[C@@H]3OC(CO)[C@H](O)C(O[C@]4(C(=O)O)C[C@@H](O)[C@@H](NC(C)=O)C([C@H](O)[C@H](O)CO)O4)[C@@H]3O)C(O)[C@@H]2NC(C)=O)[C@H](O)C(O[C@@H]2OC(CO)[C@H](O)C(O[C@]3(C(=O)O)C[C@@H](O)[C@@H](NC(C)=O)C([C@H](O)[C@H](O)CO)O3)[C@@H]2O)[C@@H]1NC(C)=O. The molecule has 0 saturated carbocycles. The number of rotatable bonds is 37. The van der Waals surface area contributed by atoms with Crippen LogP contribution in [-0.2, 0) is 110 Å². The highest BCUT2D eigenvalue weighted by molar-refractivity contribution is 5.96. The van der Waals surface area contributed by atoms with E-state index in [1.807, 2.05) is 0 Å². The molecular formula is C71H116N10O42. The predicted molar refractivity (Wildman–Crippen MR) is 395 cm³/mol. The number of carboxylic acid groups (broad SMARTS) is 2. The highest BCUT2D eigenvalue weighted by Gasteiger charge is 2.64. The first-order chi connectivity index (χ1) is 57.8. The molecule has 8 aliphatic rings. The van der Waals surface area contributed by atoms with E-state index in [9.17, 15) is 150 Å². The summed E-state index contributed by atoms with van der Waals surface area (Å²) in [5, 5.41) is 229. The lowest BCUT2D eigenvalue weighted by Crippen LogP contribution is -2.71. The van der Waals surface area contributed by atoms with E-state index in [0.29, 0.717) is 12.8 Å². The zero-order chi connectivity index (χ0) is 91.6. The van der Waals surface area contributed by atoms with Crippen LogP contribution in [0.5, 0.6) is 0 Å². The van der Waals surface area contributed by atoms with Crippen molar-refractivity contribution in [3.63, 3.8) is 0 Å². The summed E-state index contributed by atoms with van der Waals surface area (Å²) in [6, 6.07) is -13.6. The largest absolute Gasteiger partial charge is 0.477 e. The monoisotopic (exact) mass is 1780 g/mol. The number of aliphatic hydroxyl groups excluding tert-OH is 17. The summed E-state index contributed by atoms with van der Waals surface area (Å²) < 4.78 is 71.9. The second-order valence-corrected chi connectivity index (χ2v) is 31.4. The van der Waals surface area contributed by atoms with Crippen LogP contribution in [0.1, 0.15) is 87.0 Å². The van der Waals surface area contributed by atoms with Crippen LogP contribution in [0.25, 0.3) is 0 Å². The number of primary amides is 1. The van der Waals surface area contributed by atoms with Gasteiger partial charge < -0.3 is 207 Å². The first kappa shape index (κ1) is 101. The van der Waals surface area contributed by atoms with E-state index in [4.69, 9.17) is 62.6 Å². The number of carbonyl (C=O) groups excluding carboxylic acids is 9. The van der Waals surface area contributed by atoms with Crippen molar-refractivity contribution in [3.8, 4) is 0 Å². The lowest BCUT2D eigenvalue weighted by atomic mass is 9.88. The van der Waals surface area contributed by atoms with Gasteiger partial charge in [-0.2, -0.15) is 0 Å². The summed E-state index contributed by atoms with van der Waals surface area (Å²) >= 11 is 0. The Hall–Kier alpha value is -7.03. The van der Waals surface area contributed by atoms with E-state index in [1.165, 1.54) is 37.6 Å². The van der Waals surface area contributed by atoms with Gasteiger partial charge in [0.15, 0.2) is 25.2 Å². The molecule has 8 heterocycles. The second kappa shape index (κ2) is 43.6. The van der Waals surface area contributed by atoms with E-state index < -0.39 is 349 Å². The number of hydrogen-bond donors (Lipinski definition) is 27. The molecule has 16 unspecified atom stereocenters. The summed E-state index contributed by atoms with van der Waals surface area (Å²) in [5.74, 6) is -18.4. The van der Waals surface area contributed by atoms with Gasteiger partial charge in [-0.15, -0.1) is 0 Å². The molecule has 702 valence electrons. The number of nitrogens with zero attached hydrogens (tertiary/aromatic N) is 2. The fourth-order valence-corrected chi connectivity index (χ4v) is 16.2. The van der Waals surface area contributed by atoms with E-state index in [-0.39, 0.29) is 25.9 Å². The molecule has 52 heteroatoms. The second-order valence-electron chi connectivity index (χ2n) is 31.4. The van der Waals surface area contributed by atoms with Crippen molar-refractivity contribution in [1.29, 1.82) is 0 Å². The lowest BCUT2D eigenvalue weighted by Gasteiger charge is -2.51. The number of carboxylic acids is 2. The Labute approximate surface area is 700 Å². The number of ether oxygens (including phenoxy) is 12. The Balaban J connectivity index is 1.10. The van der Waals surface area contributed by atoms with Gasteiger partial charge in [0.2, 0.25) is 53.2 Å². The van der Waals surface area contributed by atoms with Crippen LogP contribution in [0, 0.1) is 0 Å². The van der Waals surface area contributed by atoms with Gasteiger partial charge in [0.25, 0.3) is 11.6 Å². The van der Waals surface area contributed by atoms with Crippen LogP contribution in [0.4, 0.5) is 0 Å². The van der Waals surface area contributed by atoms with E-state index in [2.05, 4.69) is 37.2 Å². The maximum absolute atomic E-state index is 14.6. The van der Waals surface area contributed by atoms with Crippen molar-refractivity contribution in [2.24, 2.45) is 5.73 Å². The third kappa shape index (κ3) is 23.1. The Morgan fingerprint density at radius 1 is 0.496 bits per heavy atom. The Morgan fingerprint density at radius 2 is 0.919 bits per heavy atom. The summed E-state index contributed by atoms with van der Waals surface area (Å²) in [7, 11) is 1.27. The average molecular weight is 1780 g/mol. The Morgan fingerprint density at radius 3 is 1.36 bits per heavy atom. The first-order valence-electron chi connectivity index (χ1n) is 39.7. The minimum atomic E-state index is -3.35. The number of nitrogens with one attached hydrogen (secondary N) is 7. The fourth-order valence-electron chi connectivity index (χ4n) is 16.2. The molecule has 0 aromatic heterocycles. The van der Waals surface area contributed by atoms with Crippen LogP contribution in [0.2, 0.25) is 0 Å². The lowest BCUT2D eigenvalue weighted by molar-refractivity contribution is -0.385. The summed E-state index contributed by atoms with van der Waals surface area (Å²) in [6.45, 7) is 0.675. The van der Waals surface area contributed by atoms with Gasteiger partial charge >= 0.3 is 11.9 Å². The minimum absolute atomic E-state index is 0.0326. The molecule has 8 aliphatic heterocycles. The maximum Gasteiger partial charge on any atom is 0.364 e. The highest BCUT2D eigenvalue weighted by Crippen LogP contribution is 2.42. The van der Waals surface area contributed by atoms with Crippen LogP contribution in [-0.4, -0.2) is 463 Å². The van der Waals surface area contributed by atoms with E-state index >= 15 is 0 Å². The number of likely N-dealkylation sites (tertiary alicyclic amines) is 2. The van der Waals surface area contributed by atoms with Crippen molar-refractivity contribution < 1.29 is 207 Å². The molecule has 8 rings (SSSR count). The van der Waals surface area contributed by atoms with Gasteiger partial charge in [0, 0.05) is 53.6 Å². The zero-order valence-electron chi connectivity index (χ0n) is 68.0. The molecule has 38 atom stereocenters. The molecule has 9 amide bonds. The average Bonchev–Trinajstić information content (AvgIpc) is 1.52. The number of nitrogens with two attached hydrogens (primary N) is 1. The number of carbonyl (C=O) groups is 11. The fraction of sp³-hybridized carbons (Fsp3) is 0.845. The molecule has 8 saturated heterocycles. The topological polar surface area (TPSA) is 800 Å². The molecule has 0 aromatic carbocycles. The van der Waals surface area contributed by atoms with Crippen molar-refractivity contribution in [2.45, 2.75) is 318 Å². The van der Waals surface area contributed by atoms with Crippen molar-refractivity contribution in [3.05, 3.63) is 0 Å².